The molecule has 0 bridgehead atoms. The highest BCUT2D eigenvalue weighted by Crippen LogP contribution is 2.28. The second kappa shape index (κ2) is 7.34. The first-order valence-corrected chi connectivity index (χ1v) is 8.91. The van der Waals surface area contributed by atoms with Crippen LogP contribution in [0.5, 0.6) is 5.75 Å². The zero-order chi connectivity index (χ0) is 12.8. The molecule has 0 radical (unpaired) electrons. The maximum absolute atomic E-state index is 5.86. The lowest BCUT2D eigenvalue weighted by Gasteiger charge is -2.25. The van der Waals surface area contributed by atoms with Gasteiger partial charge in [0.05, 0.1) is 6.61 Å². The van der Waals surface area contributed by atoms with E-state index < -0.39 is 0 Å². The van der Waals surface area contributed by atoms with Crippen molar-refractivity contribution < 1.29 is 4.74 Å². The Morgan fingerprint density at radius 2 is 2.11 bits per heavy atom. The van der Waals surface area contributed by atoms with E-state index in [4.69, 9.17) is 4.74 Å². The van der Waals surface area contributed by atoms with Crippen LogP contribution in [0.1, 0.15) is 30.4 Å². The van der Waals surface area contributed by atoms with E-state index in [1.54, 1.807) is 0 Å². The maximum atomic E-state index is 5.86. The lowest BCUT2D eigenvalue weighted by Crippen LogP contribution is -2.23. The second-order valence-corrected chi connectivity index (χ2v) is 4.97. The van der Waals surface area contributed by atoms with Crippen LogP contribution in [0, 0.1) is 5.92 Å². The lowest BCUT2D eigenvalue weighted by atomic mass is 9.86. The summed E-state index contributed by atoms with van der Waals surface area (Å²) < 4.78 is 5.86. The minimum Gasteiger partial charge on any atom is -0.493 e. The van der Waals surface area contributed by atoms with E-state index in [9.17, 15) is 0 Å². The Balaban J connectivity index is 0.000000574. The van der Waals surface area contributed by atoms with Crippen molar-refractivity contribution in [2.75, 3.05) is 18.1 Å². The first kappa shape index (κ1) is 14.1. The number of ether oxygens (including phenoxy) is 1. The molecule has 1 heterocycles. The Morgan fingerprint density at radius 1 is 1.28 bits per heavy atom. The fourth-order valence-electron chi connectivity index (χ4n) is 2.42. The van der Waals surface area contributed by atoms with Crippen molar-refractivity contribution in [1.82, 2.24) is 5.32 Å². The Kier molecular flexibility index (Phi) is 5.76. The summed E-state index contributed by atoms with van der Waals surface area (Å²) in [5.74, 6) is 1.88. The molecule has 1 aromatic carbocycles. The predicted molar refractivity (Wildman–Crippen MR) is 84.6 cm³/mol. The molecule has 0 spiro atoms. The number of hydrogen-bond donors (Lipinski definition) is 1. The Hall–Kier alpha value is -0.290. The van der Waals surface area contributed by atoms with Gasteiger partial charge in [0.1, 0.15) is 5.75 Å². The molecule has 3 heteroatoms. The monoisotopic (exact) mass is 359 g/mol. The molecule has 18 heavy (non-hydrogen) atoms. The van der Waals surface area contributed by atoms with Crippen LogP contribution in [0.25, 0.3) is 0 Å². The van der Waals surface area contributed by atoms with Crippen molar-refractivity contribution in [1.29, 1.82) is 0 Å². The quantitative estimate of drug-likeness (QED) is 0.658. The molecule has 1 N–H and O–H groups in total. The molecule has 0 unspecified atom stereocenters. The molecule has 2 aliphatic rings. The van der Waals surface area contributed by atoms with Crippen LogP contribution in [0.15, 0.2) is 18.2 Å². The van der Waals surface area contributed by atoms with Gasteiger partial charge in [-0.3, -0.25) is 0 Å². The van der Waals surface area contributed by atoms with Crippen LogP contribution in [-0.2, 0) is 13.0 Å². The van der Waals surface area contributed by atoms with E-state index >= 15 is 0 Å². The summed E-state index contributed by atoms with van der Waals surface area (Å²) in [5.41, 5.74) is 2.90. The number of benzene rings is 1. The van der Waals surface area contributed by atoms with Crippen molar-refractivity contribution in [2.45, 2.75) is 32.2 Å². The van der Waals surface area contributed by atoms with Crippen molar-refractivity contribution in [2.24, 2.45) is 5.92 Å². The highest BCUT2D eigenvalue weighted by atomic mass is 127. The molecule has 3 rings (SSSR count). The zero-order valence-electron chi connectivity index (χ0n) is 11.0. The van der Waals surface area contributed by atoms with Gasteiger partial charge < -0.3 is 10.1 Å². The third-order valence-electron chi connectivity index (χ3n) is 3.77. The van der Waals surface area contributed by atoms with Gasteiger partial charge in [0.25, 0.3) is 0 Å². The van der Waals surface area contributed by atoms with E-state index in [1.165, 1.54) is 30.4 Å². The van der Waals surface area contributed by atoms with Crippen molar-refractivity contribution >= 4 is 22.6 Å². The van der Waals surface area contributed by atoms with E-state index in [1.807, 2.05) is 4.93 Å². The van der Waals surface area contributed by atoms with Gasteiger partial charge in [-0.2, -0.15) is 0 Å². The first-order chi connectivity index (χ1) is 8.92. The predicted octanol–water partition coefficient (Wildman–Crippen LogP) is 3.56. The van der Waals surface area contributed by atoms with E-state index in [0.29, 0.717) is 0 Å². The van der Waals surface area contributed by atoms with E-state index in [-0.39, 0.29) is 0 Å². The van der Waals surface area contributed by atoms with Crippen LogP contribution in [-0.4, -0.2) is 18.1 Å². The summed E-state index contributed by atoms with van der Waals surface area (Å²) in [4.78, 5) is 1.97. The molecular formula is C15H22INO. The normalized spacial score (nSPS) is 18.1. The standard InChI is InChI=1S/C14H19NO.CH3I/c1-2-11(3-1)10-16-14-5-4-13-9-15-7-6-12(13)8-14;1-2/h4-5,8,11,15H,1-3,6-7,9-10H2;1H3. The van der Waals surface area contributed by atoms with Crippen molar-refractivity contribution in [3.05, 3.63) is 29.3 Å². The van der Waals surface area contributed by atoms with Crippen LogP contribution in [0.3, 0.4) is 0 Å². The highest BCUT2D eigenvalue weighted by molar-refractivity contribution is 14.1. The Morgan fingerprint density at radius 3 is 2.83 bits per heavy atom. The molecule has 1 aliphatic heterocycles. The smallest absolute Gasteiger partial charge is 0.119 e. The van der Waals surface area contributed by atoms with Crippen molar-refractivity contribution in [3.63, 3.8) is 0 Å². The third kappa shape index (κ3) is 3.60. The number of halogens is 1. The number of fused-ring (bicyclic) bond motifs is 1. The minimum atomic E-state index is 0.817. The molecular weight excluding hydrogens is 337 g/mol. The van der Waals surface area contributed by atoms with E-state index in [2.05, 4.69) is 46.1 Å². The molecule has 1 saturated carbocycles. The zero-order valence-corrected chi connectivity index (χ0v) is 13.2. The lowest BCUT2D eigenvalue weighted by molar-refractivity contribution is 0.180. The fraction of sp³-hybridized carbons (Fsp3) is 0.600. The van der Waals surface area contributed by atoms with Crippen LogP contribution < -0.4 is 10.1 Å². The van der Waals surface area contributed by atoms with Gasteiger partial charge in [-0.15, -0.1) is 0 Å². The Labute approximate surface area is 124 Å². The number of rotatable bonds is 3. The summed E-state index contributed by atoms with van der Waals surface area (Å²) in [6.45, 7) is 3.02. The average Bonchev–Trinajstić information content (AvgIpc) is 2.39. The summed E-state index contributed by atoms with van der Waals surface area (Å²) in [6.07, 6.45) is 5.24. The molecule has 0 atom stereocenters. The van der Waals surface area contributed by atoms with Gasteiger partial charge in [-0.05, 0) is 59.9 Å². The molecule has 100 valence electrons. The topological polar surface area (TPSA) is 21.3 Å². The molecule has 2 nitrogen and oxygen atoms in total. The van der Waals surface area contributed by atoms with Gasteiger partial charge in [0.15, 0.2) is 0 Å². The summed E-state index contributed by atoms with van der Waals surface area (Å²) in [6, 6.07) is 6.55. The molecule has 1 aliphatic carbocycles. The van der Waals surface area contributed by atoms with Gasteiger partial charge in [0.2, 0.25) is 0 Å². The molecule has 0 aromatic heterocycles. The van der Waals surface area contributed by atoms with E-state index in [0.717, 1.165) is 37.8 Å². The molecule has 1 fully saturated rings. The van der Waals surface area contributed by atoms with Gasteiger partial charge >= 0.3 is 0 Å². The molecule has 1 aromatic rings. The SMILES string of the molecule is CI.c1cc2c(cc1OCC1CCC1)CCNC2. The number of hydrogen-bond acceptors (Lipinski definition) is 2. The van der Waals surface area contributed by atoms with Crippen LogP contribution in [0.2, 0.25) is 0 Å². The largest absolute Gasteiger partial charge is 0.493 e. The van der Waals surface area contributed by atoms with Gasteiger partial charge in [0, 0.05) is 6.54 Å². The first-order valence-electron chi connectivity index (χ1n) is 6.75. The van der Waals surface area contributed by atoms with Crippen LogP contribution >= 0.6 is 22.6 Å². The van der Waals surface area contributed by atoms with Gasteiger partial charge in [-0.1, -0.05) is 35.1 Å². The second-order valence-electron chi connectivity index (χ2n) is 4.97. The van der Waals surface area contributed by atoms with Gasteiger partial charge in [-0.25, -0.2) is 0 Å². The maximum Gasteiger partial charge on any atom is 0.119 e. The van der Waals surface area contributed by atoms with Crippen molar-refractivity contribution in [3.8, 4) is 5.75 Å². The molecule has 0 saturated heterocycles. The number of alkyl halides is 1. The summed E-state index contributed by atoms with van der Waals surface area (Å²) >= 11 is 2.15. The molecule has 0 amide bonds. The highest BCUT2D eigenvalue weighted by Gasteiger charge is 2.18. The summed E-state index contributed by atoms with van der Waals surface area (Å²) in [7, 11) is 0. The number of nitrogens with one attached hydrogen (secondary N) is 1. The average molecular weight is 359 g/mol. The fourth-order valence-corrected chi connectivity index (χ4v) is 2.42. The van der Waals surface area contributed by atoms with Crippen LogP contribution in [0.4, 0.5) is 0 Å². The Bertz CT molecular complexity index is 377. The summed E-state index contributed by atoms with van der Waals surface area (Å²) in [5, 5.41) is 3.39. The minimum absolute atomic E-state index is 0.817. The third-order valence-corrected chi connectivity index (χ3v) is 3.77.